The smallest absolute Gasteiger partial charge is 0.413 e. The van der Waals surface area contributed by atoms with Gasteiger partial charge in [-0.2, -0.15) is 13.2 Å². The van der Waals surface area contributed by atoms with Gasteiger partial charge in [0.2, 0.25) is 0 Å². The van der Waals surface area contributed by atoms with E-state index in [0.29, 0.717) is 12.0 Å². The summed E-state index contributed by atoms with van der Waals surface area (Å²) in [4.78, 5) is 17.0. The van der Waals surface area contributed by atoms with Crippen molar-refractivity contribution in [3.8, 4) is 0 Å². The molecular weight excluding hydrogens is 493 g/mol. The number of alkyl halides is 4. The van der Waals surface area contributed by atoms with Crippen molar-refractivity contribution in [2.75, 3.05) is 19.8 Å². The van der Waals surface area contributed by atoms with Crippen molar-refractivity contribution in [3.05, 3.63) is 35.1 Å². The number of thioether (sulfide) groups is 1. The average Bonchev–Trinajstić information content (AvgIpc) is 2.72. The highest BCUT2D eigenvalue weighted by Crippen LogP contribution is 2.50. The van der Waals surface area contributed by atoms with Crippen LogP contribution < -0.4 is 10.6 Å². The standard InChI is InChI=1S/C23H30F5N3O3S/c1-13-7-16-18(9-24)35-19(30-20(32)34-21(2,3)4)31-22(16,12-33-13)15-8-14(5-6-17(15)25)10-29-11-23(26,27)28/h5-6,8,13,16,18,29H,7,9-12H2,1-4H3,(H,30,31,32)/t13-,16-,18+,22+/m0/s1. The number of rotatable bonds is 5. The Hall–Kier alpha value is -1.92. The van der Waals surface area contributed by atoms with Gasteiger partial charge in [-0.05, 0) is 51.8 Å². The number of hydrogen-bond acceptors (Lipinski definition) is 6. The molecule has 2 N–H and O–H groups in total. The van der Waals surface area contributed by atoms with Crippen molar-refractivity contribution in [1.29, 1.82) is 0 Å². The molecule has 1 aromatic carbocycles. The molecule has 2 aliphatic heterocycles. The van der Waals surface area contributed by atoms with Crippen LogP contribution in [0, 0.1) is 11.7 Å². The van der Waals surface area contributed by atoms with E-state index >= 15 is 4.39 Å². The van der Waals surface area contributed by atoms with E-state index in [1.54, 1.807) is 20.8 Å². The SMILES string of the molecule is C[C@H]1C[C@H]2[C@@H](CF)SC(NC(=O)OC(C)(C)C)=N[C@@]2(c2cc(CNCC(F)(F)F)ccc2F)CO1. The van der Waals surface area contributed by atoms with E-state index in [1.165, 1.54) is 12.1 Å². The number of carbonyl (C=O) groups is 1. The molecule has 0 radical (unpaired) electrons. The maximum absolute atomic E-state index is 15.2. The fourth-order valence-corrected chi connectivity index (χ4v) is 5.50. The van der Waals surface area contributed by atoms with Gasteiger partial charge in [0.25, 0.3) is 0 Å². The minimum atomic E-state index is -4.39. The first-order chi connectivity index (χ1) is 16.2. The van der Waals surface area contributed by atoms with Gasteiger partial charge in [-0.1, -0.05) is 17.8 Å². The van der Waals surface area contributed by atoms with Crippen molar-refractivity contribution < 1.29 is 36.2 Å². The van der Waals surface area contributed by atoms with E-state index in [1.807, 2.05) is 6.92 Å². The van der Waals surface area contributed by atoms with Crippen molar-refractivity contribution in [3.63, 3.8) is 0 Å². The summed E-state index contributed by atoms with van der Waals surface area (Å²) in [5, 5.41) is 4.23. The van der Waals surface area contributed by atoms with Crippen molar-refractivity contribution in [2.45, 2.75) is 69.3 Å². The molecule has 2 aliphatic rings. The van der Waals surface area contributed by atoms with Crippen LogP contribution in [0.1, 0.15) is 45.2 Å². The van der Waals surface area contributed by atoms with Crippen LogP contribution >= 0.6 is 11.8 Å². The van der Waals surface area contributed by atoms with Gasteiger partial charge in [-0.25, -0.2) is 18.6 Å². The van der Waals surface area contributed by atoms with E-state index < -0.39 is 53.6 Å². The third-order valence-corrected chi connectivity index (χ3v) is 6.89. The topological polar surface area (TPSA) is 72.0 Å². The number of carbonyl (C=O) groups excluding carboxylic acids is 1. The highest BCUT2D eigenvalue weighted by molar-refractivity contribution is 8.14. The maximum Gasteiger partial charge on any atom is 0.413 e. The van der Waals surface area contributed by atoms with E-state index in [0.717, 1.165) is 17.8 Å². The summed E-state index contributed by atoms with van der Waals surface area (Å²) in [6.45, 7) is 4.71. The molecule has 196 valence electrons. The predicted molar refractivity (Wildman–Crippen MR) is 124 cm³/mol. The number of amidine groups is 1. The molecule has 0 bridgehead atoms. The number of hydrogen-bond donors (Lipinski definition) is 2. The number of fused-ring (bicyclic) bond motifs is 1. The molecular formula is C23H30F5N3O3S. The fourth-order valence-electron chi connectivity index (χ4n) is 4.29. The molecule has 6 nitrogen and oxygen atoms in total. The Morgan fingerprint density at radius 3 is 2.66 bits per heavy atom. The normalized spacial score (nSPS) is 27.1. The number of nitrogens with one attached hydrogen (secondary N) is 2. The molecule has 0 unspecified atom stereocenters. The monoisotopic (exact) mass is 523 g/mol. The molecule has 0 spiro atoms. The van der Waals surface area contributed by atoms with Crippen molar-refractivity contribution in [2.24, 2.45) is 10.9 Å². The molecule has 0 saturated carbocycles. The molecule has 2 heterocycles. The van der Waals surface area contributed by atoms with Gasteiger partial charge in [0.15, 0.2) is 5.17 Å². The van der Waals surface area contributed by atoms with Crippen LogP contribution in [0.2, 0.25) is 0 Å². The van der Waals surface area contributed by atoms with Crippen LogP contribution in [-0.2, 0) is 21.6 Å². The van der Waals surface area contributed by atoms with Crippen LogP contribution in [0.5, 0.6) is 0 Å². The molecule has 3 rings (SSSR count). The number of halogens is 5. The Labute approximate surface area is 205 Å². The first kappa shape index (κ1) is 27.7. The van der Waals surface area contributed by atoms with E-state index in [4.69, 9.17) is 9.47 Å². The number of alkyl carbamates (subject to hydrolysis) is 1. The minimum Gasteiger partial charge on any atom is -0.444 e. The first-order valence-electron chi connectivity index (χ1n) is 11.2. The summed E-state index contributed by atoms with van der Waals surface area (Å²) in [7, 11) is 0. The molecule has 1 aromatic rings. The lowest BCUT2D eigenvalue weighted by atomic mass is 9.72. The highest BCUT2D eigenvalue weighted by Gasteiger charge is 2.53. The zero-order valence-electron chi connectivity index (χ0n) is 20.0. The molecule has 0 aliphatic carbocycles. The zero-order chi connectivity index (χ0) is 26.0. The number of nitrogens with zero attached hydrogens (tertiary/aromatic N) is 1. The summed E-state index contributed by atoms with van der Waals surface area (Å²) < 4.78 is 78.2. The second kappa shape index (κ2) is 10.6. The summed E-state index contributed by atoms with van der Waals surface area (Å²) in [5.74, 6) is -1.11. The van der Waals surface area contributed by atoms with Gasteiger partial charge in [0, 0.05) is 23.3 Å². The summed E-state index contributed by atoms with van der Waals surface area (Å²) >= 11 is 1.04. The molecule has 1 saturated heterocycles. The van der Waals surface area contributed by atoms with E-state index in [9.17, 15) is 22.4 Å². The molecule has 1 amide bonds. The Bertz CT molecular complexity index is 953. The Morgan fingerprint density at radius 2 is 2.03 bits per heavy atom. The summed E-state index contributed by atoms with van der Waals surface area (Å²) in [6, 6.07) is 3.98. The fraction of sp³-hybridized carbons (Fsp3) is 0.652. The molecule has 12 heteroatoms. The molecule has 4 atom stereocenters. The van der Waals surface area contributed by atoms with Crippen LogP contribution in [0.25, 0.3) is 0 Å². The van der Waals surface area contributed by atoms with E-state index in [-0.39, 0.29) is 30.0 Å². The maximum atomic E-state index is 15.2. The van der Waals surface area contributed by atoms with Gasteiger partial charge >= 0.3 is 12.3 Å². The van der Waals surface area contributed by atoms with Gasteiger partial charge < -0.3 is 14.8 Å². The molecule has 35 heavy (non-hydrogen) atoms. The Morgan fingerprint density at radius 1 is 1.31 bits per heavy atom. The largest absolute Gasteiger partial charge is 0.444 e. The van der Waals surface area contributed by atoms with Gasteiger partial charge in [-0.15, -0.1) is 0 Å². The third kappa shape index (κ3) is 7.07. The highest BCUT2D eigenvalue weighted by atomic mass is 32.2. The van der Waals surface area contributed by atoms with E-state index in [2.05, 4.69) is 15.6 Å². The van der Waals surface area contributed by atoms with Crippen molar-refractivity contribution in [1.82, 2.24) is 10.6 Å². The van der Waals surface area contributed by atoms with Gasteiger partial charge in [-0.3, -0.25) is 5.32 Å². The lowest BCUT2D eigenvalue weighted by Crippen LogP contribution is -2.54. The minimum absolute atomic E-state index is 0.0660. The third-order valence-electron chi connectivity index (χ3n) is 5.71. The number of benzene rings is 1. The number of amides is 1. The van der Waals surface area contributed by atoms with Crippen LogP contribution in [0.3, 0.4) is 0 Å². The Balaban J connectivity index is 2.00. The number of ether oxygens (including phenoxy) is 2. The van der Waals surface area contributed by atoms with Gasteiger partial charge in [0.05, 0.1) is 19.3 Å². The lowest BCUT2D eigenvalue weighted by molar-refractivity contribution is -0.125. The predicted octanol–water partition coefficient (Wildman–Crippen LogP) is 5.06. The zero-order valence-corrected chi connectivity index (χ0v) is 20.8. The molecule has 1 fully saturated rings. The quantitative estimate of drug-likeness (QED) is 0.528. The second-order valence-corrected chi connectivity index (χ2v) is 11.0. The second-order valence-electron chi connectivity index (χ2n) is 9.78. The summed E-state index contributed by atoms with van der Waals surface area (Å²) in [6.07, 6.45) is -5.01. The summed E-state index contributed by atoms with van der Waals surface area (Å²) in [5.41, 5.74) is -1.66. The first-order valence-corrected chi connectivity index (χ1v) is 12.1. The lowest BCUT2D eigenvalue weighted by Gasteiger charge is -2.49. The van der Waals surface area contributed by atoms with Crippen LogP contribution in [0.4, 0.5) is 26.7 Å². The average molecular weight is 524 g/mol. The van der Waals surface area contributed by atoms with Crippen molar-refractivity contribution >= 4 is 23.0 Å². The number of aliphatic imine (C=N–C) groups is 1. The Kier molecular flexibility index (Phi) is 8.37. The van der Waals surface area contributed by atoms with Crippen LogP contribution in [0.15, 0.2) is 23.2 Å². The van der Waals surface area contributed by atoms with Crippen LogP contribution in [-0.4, -0.2) is 54.2 Å². The van der Waals surface area contributed by atoms with Gasteiger partial charge in [0.1, 0.15) is 23.6 Å². The molecule has 0 aromatic heterocycles.